The third-order valence-corrected chi connectivity index (χ3v) is 4.04. The highest BCUT2D eigenvalue weighted by Crippen LogP contribution is 2.40. The zero-order chi connectivity index (χ0) is 16.5. The summed E-state index contributed by atoms with van der Waals surface area (Å²) in [6.45, 7) is 0. The van der Waals surface area contributed by atoms with Crippen LogP contribution in [0.25, 0.3) is 0 Å². The number of hydrogen-bond acceptors (Lipinski definition) is 4. The predicted molar refractivity (Wildman–Crippen MR) is 72.1 cm³/mol. The van der Waals surface area contributed by atoms with Crippen LogP contribution < -0.4 is 16.4 Å². The van der Waals surface area contributed by atoms with Crippen LogP contribution in [0.4, 0.5) is 23.7 Å². The second-order valence-electron chi connectivity index (χ2n) is 4.42. The molecule has 1 aliphatic heterocycles. The van der Waals surface area contributed by atoms with Crippen molar-refractivity contribution in [3.63, 3.8) is 0 Å². The van der Waals surface area contributed by atoms with Gasteiger partial charge in [-0.1, -0.05) is 0 Å². The van der Waals surface area contributed by atoms with Gasteiger partial charge in [-0.25, -0.2) is 4.79 Å². The fraction of sp³-hybridized carbons (Fsp3) is 0.250. The fourth-order valence-electron chi connectivity index (χ4n) is 1.82. The summed E-state index contributed by atoms with van der Waals surface area (Å²) < 4.78 is 37.8. The van der Waals surface area contributed by atoms with E-state index in [0.717, 1.165) is 23.9 Å². The molecule has 4 N–H and O–H groups in total. The maximum absolute atomic E-state index is 12.6. The zero-order valence-corrected chi connectivity index (χ0v) is 11.7. The second-order valence-corrected chi connectivity index (χ2v) is 5.67. The Morgan fingerprint density at radius 2 is 2.05 bits per heavy atom. The van der Waals surface area contributed by atoms with Crippen LogP contribution >= 0.6 is 11.8 Å². The van der Waals surface area contributed by atoms with Gasteiger partial charge in [-0.3, -0.25) is 14.9 Å². The zero-order valence-electron chi connectivity index (χ0n) is 10.9. The average Bonchev–Trinajstić information content (AvgIpc) is 2.37. The Labute approximate surface area is 126 Å². The van der Waals surface area contributed by atoms with Crippen LogP contribution in [-0.4, -0.2) is 23.1 Å². The predicted octanol–water partition coefficient (Wildman–Crippen LogP) is 1.70. The number of anilines is 1. The largest absolute Gasteiger partial charge is 0.416 e. The summed E-state index contributed by atoms with van der Waals surface area (Å²) in [5.74, 6) is -1.35. The van der Waals surface area contributed by atoms with Gasteiger partial charge >= 0.3 is 12.2 Å². The molecule has 1 aliphatic rings. The molecule has 6 nitrogen and oxygen atoms in total. The highest BCUT2D eigenvalue weighted by Gasteiger charge is 2.34. The summed E-state index contributed by atoms with van der Waals surface area (Å²) in [6.07, 6.45) is -4.83. The van der Waals surface area contributed by atoms with Crippen molar-refractivity contribution in [1.82, 2.24) is 5.32 Å². The summed E-state index contributed by atoms with van der Waals surface area (Å²) in [5, 5.41) is 3.29. The lowest BCUT2D eigenvalue weighted by Gasteiger charge is -2.24. The molecule has 0 radical (unpaired) electrons. The minimum atomic E-state index is -4.51. The van der Waals surface area contributed by atoms with E-state index in [1.165, 1.54) is 6.07 Å². The molecule has 1 atom stereocenters. The van der Waals surface area contributed by atoms with Gasteiger partial charge in [-0.2, -0.15) is 13.2 Å². The number of nitrogens with one attached hydrogen (secondary N) is 2. The quantitative estimate of drug-likeness (QED) is 0.767. The van der Waals surface area contributed by atoms with Gasteiger partial charge in [0, 0.05) is 11.3 Å². The van der Waals surface area contributed by atoms with Crippen LogP contribution in [0.1, 0.15) is 12.0 Å². The first-order valence-corrected chi connectivity index (χ1v) is 6.83. The van der Waals surface area contributed by atoms with Crippen LogP contribution in [0.2, 0.25) is 0 Å². The van der Waals surface area contributed by atoms with Gasteiger partial charge in [0.05, 0.1) is 16.5 Å². The van der Waals surface area contributed by atoms with Gasteiger partial charge < -0.3 is 11.1 Å². The van der Waals surface area contributed by atoms with Crippen LogP contribution in [0.15, 0.2) is 23.1 Å². The van der Waals surface area contributed by atoms with Crippen LogP contribution in [0.3, 0.4) is 0 Å². The number of urea groups is 1. The van der Waals surface area contributed by atoms with Crippen molar-refractivity contribution >= 4 is 35.3 Å². The first kappa shape index (κ1) is 16.1. The number of benzene rings is 1. The molecule has 4 amide bonds. The summed E-state index contributed by atoms with van der Waals surface area (Å²) in [5.41, 5.74) is 3.94. The van der Waals surface area contributed by atoms with E-state index in [0.29, 0.717) is 4.90 Å². The number of primary amides is 1. The molecule has 0 fully saturated rings. The molecule has 0 aromatic heterocycles. The van der Waals surface area contributed by atoms with Crippen molar-refractivity contribution < 1.29 is 27.6 Å². The van der Waals surface area contributed by atoms with Crippen molar-refractivity contribution in [2.75, 3.05) is 5.32 Å². The summed E-state index contributed by atoms with van der Waals surface area (Å²) >= 11 is 0.948. The van der Waals surface area contributed by atoms with Crippen LogP contribution in [-0.2, 0) is 15.8 Å². The molecule has 0 saturated carbocycles. The number of carbonyl (C=O) groups excluding carboxylic acids is 3. The Morgan fingerprint density at radius 1 is 1.36 bits per heavy atom. The maximum Gasteiger partial charge on any atom is 0.416 e. The second kappa shape index (κ2) is 5.87. The Kier molecular flexibility index (Phi) is 4.31. The molecule has 1 aromatic carbocycles. The lowest BCUT2D eigenvalue weighted by Crippen LogP contribution is -2.39. The molecule has 118 valence electrons. The fourth-order valence-corrected chi connectivity index (χ4v) is 2.91. The highest BCUT2D eigenvalue weighted by molar-refractivity contribution is 8.01. The molecule has 2 rings (SSSR count). The molecule has 1 aromatic rings. The Hall–Kier alpha value is -2.23. The van der Waals surface area contributed by atoms with E-state index in [2.05, 4.69) is 5.32 Å². The first-order valence-electron chi connectivity index (χ1n) is 5.95. The number of hydrogen-bond donors (Lipinski definition) is 3. The van der Waals surface area contributed by atoms with Gasteiger partial charge in [-0.05, 0) is 18.2 Å². The molecule has 22 heavy (non-hydrogen) atoms. The van der Waals surface area contributed by atoms with Crippen LogP contribution in [0, 0.1) is 0 Å². The molecule has 0 unspecified atom stereocenters. The first-order chi connectivity index (χ1) is 10.2. The van der Waals surface area contributed by atoms with Crippen molar-refractivity contribution in [2.24, 2.45) is 5.73 Å². The highest BCUT2D eigenvalue weighted by atomic mass is 32.2. The smallest absolute Gasteiger partial charge is 0.351 e. The maximum atomic E-state index is 12.6. The molecule has 0 saturated heterocycles. The normalized spacial score (nSPS) is 17.4. The minimum absolute atomic E-state index is 0.0383. The topological polar surface area (TPSA) is 101 Å². The third-order valence-electron chi connectivity index (χ3n) is 2.76. The van der Waals surface area contributed by atoms with Gasteiger partial charge in [0.15, 0.2) is 0 Å². The average molecular weight is 333 g/mol. The van der Waals surface area contributed by atoms with Crippen molar-refractivity contribution in [1.29, 1.82) is 0 Å². The summed E-state index contributed by atoms with van der Waals surface area (Å²) in [7, 11) is 0. The number of nitrogens with two attached hydrogens (primary N) is 1. The van der Waals surface area contributed by atoms with E-state index in [-0.39, 0.29) is 12.1 Å². The molecular weight excluding hydrogens is 323 g/mol. The number of halogens is 3. The van der Waals surface area contributed by atoms with Crippen molar-refractivity contribution in [3.05, 3.63) is 23.8 Å². The number of rotatable bonds is 2. The summed E-state index contributed by atoms with van der Waals surface area (Å²) in [6, 6.07) is 1.91. The van der Waals surface area contributed by atoms with Crippen molar-refractivity contribution in [2.45, 2.75) is 22.7 Å². The van der Waals surface area contributed by atoms with Gasteiger partial charge in [0.25, 0.3) is 0 Å². The Bertz CT molecular complexity index is 648. The van der Waals surface area contributed by atoms with Crippen LogP contribution in [0.5, 0.6) is 0 Å². The Balaban J connectivity index is 2.15. The van der Waals surface area contributed by atoms with E-state index >= 15 is 0 Å². The number of amides is 4. The lowest BCUT2D eigenvalue weighted by molar-refractivity contribution is -0.137. The molecule has 0 aliphatic carbocycles. The van der Waals surface area contributed by atoms with Crippen molar-refractivity contribution in [3.8, 4) is 0 Å². The standard InChI is InChI=1S/C12H10F3N3O3S/c13-12(14,15)5-1-2-7-6(3-5)17-10(20)8(22-7)4-9(19)18-11(16)21/h1-3,8H,4H2,(H,17,20)(H3,16,18,19,21)/t8-/m0/s1. The Morgan fingerprint density at radius 3 is 2.64 bits per heavy atom. The third kappa shape index (κ3) is 3.70. The minimum Gasteiger partial charge on any atom is -0.351 e. The molecule has 0 bridgehead atoms. The van der Waals surface area contributed by atoms with E-state index in [1.807, 2.05) is 5.32 Å². The van der Waals surface area contributed by atoms with E-state index in [1.54, 1.807) is 0 Å². The number of fused-ring (bicyclic) bond motifs is 1. The monoisotopic (exact) mass is 333 g/mol. The molecule has 0 spiro atoms. The molecule has 1 heterocycles. The summed E-state index contributed by atoms with van der Waals surface area (Å²) in [4.78, 5) is 34.2. The molecule has 10 heteroatoms. The number of thioether (sulfide) groups is 1. The van der Waals surface area contributed by atoms with E-state index in [4.69, 9.17) is 5.73 Å². The number of carbonyl (C=O) groups is 3. The number of alkyl halides is 3. The number of imide groups is 1. The lowest BCUT2D eigenvalue weighted by atomic mass is 10.1. The van der Waals surface area contributed by atoms with Gasteiger partial charge in [-0.15, -0.1) is 11.8 Å². The SMILES string of the molecule is NC(=O)NC(=O)C[C@@H]1Sc2ccc(C(F)(F)F)cc2NC1=O. The van der Waals surface area contributed by atoms with E-state index < -0.39 is 34.8 Å². The van der Waals surface area contributed by atoms with E-state index in [9.17, 15) is 27.6 Å². The van der Waals surface area contributed by atoms with Gasteiger partial charge in [0.2, 0.25) is 11.8 Å². The van der Waals surface area contributed by atoms with Gasteiger partial charge in [0.1, 0.15) is 0 Å². The molecular formula is C12H10F3N3O3S.